The topological polar surface area (TPSA) is 110 Å². The Balaban J connectivity index is 1.42. The van der Waals surface area contributed by atoms with Gasteiger partial charge in [0.05, 0.1) is 0 Å². The van der Waals surface area contributed by atoms with Gasteiger partial charge in [0.15, 0.2) is 0 Å². The van der Waals surface area contributed by atoms with Crippen LogP contribution in [0, 0.1) is 0 Å². The van der Waals surface area contributed by atoms with Crippen molar-refractivity contribution in [2.75, 3.05) is 13.1 Å². The van der Waals surface area contributed by atoms with Crippen LogP contribution in [0.5, 0.6) is 0 Å². The van der Waals surface area contributed by atoms with Gasteiger partial charge in [0.25, 0.3) is 11.8 Å². The number of carbonyl (C=O) groups is 4. The fourth-order valence-electron chi connectivity index (χ4n) is 3.78. The van der Waals surface area contributed by atoms with Gasteiger partial charge in [0.1, 0.15) is 0 Å². The molecule has 0 aromatic heterocycles. The lowest BCUT2D eigenvalue weighted by atomic mass is 9.94. The Hall–Kier alpha value is -3.22. The molecule has 0 atom stereocenters. The van der Waals surface area contributed by atoms with Crippen molar-refractivity contribution in [2.24, 2.45) is 5.73 Å². The first kappa shape index (κ1) is 21.5. The Bertz CT molecular complexity index is 919. The average Bonchev–Trinajstić information content (AvgIpc) is 2.73. The summed E-state index contributed by atoms with van der Waals surface area (Å²) in [4.78, 5) is 49.5. The SMILES string of the molecule is NC(=O)CCCCCCC(=O)NCCCN1C(=O)c2cccc3cccc(c23)C1=O. The van der Waals surface area contributed by atoms with Crippen molar-refractivity contribution in [1.82, 2.24) is 10.2 Å². The van der Waals surface area contributed by atoms with E-state index in [9.17, 15) is 19.2 Å². The van der Waals surface area contributed by atoms with Gasteiger partial charge in [-0.1, -0.05) is 37.1 Å². The summed E-state index contributed by atoms with van der Waals surface area (Å²) in [6.07, 6.45) is 4.58. The highest BCUT2D eigenvalue weighted by Crippen LogP contribution is 2.29. The van der Waals surface area contributed by atoms with Crippen molar-refractivity contribution in [1.29, 1.82) is 0 Å². The number of amides is 4. The zero-order valence-electron chi connectivity index (χ0n) is 17.0. The largest absolute Gasteiger partial charge is 0.370 e. The van der Waals surface area contributed by atoms with Gasteiger partial charge < -0.3 is 11.1 Å². The number of nitrogens with one attached hydrogen (secondary N) is 1. The van der Waals surface area contributed by atoms with E-state index in [1.807, 2.05) is 24.3 Å². The van der Waals surface area contributed by atoms with E-state index in [-0.39, 0.29) is 30.2 Å². The highest BCUT2D eigenvalue weighted by atomic mass is 16.2. The molecule has 0 saturated heterocycles. The molecular formula is C23H27N3O4. The first-order valence-corrected chi connectivity index (χ1v) is 10.4. The number of imide groups is 1. The van der Waals surface area contributed by atoms with Gasteiger partial charge in [-0.25, -0.2) is 0 Å². The van der Waals surface area contributed by atoms with Crippen molar-refractivity contribution in [3.63, 3.8) is 0 Å². The monoisotopic (exact) mass is 409 g/mol. The molecule has 1 heterocycles. The van der Waals surface area contributed by atoms with Gasteiger partial charge in [0, 0.05) is 42.4 Å². The first-order valence-electron chi connectivity index (χ1n) is 10.4. The number of hydrogen-bond acceptors (Lipinski definition) is 4. The summed E-state index contributed by atoms with van der Waals surface area (Å²) in [5.41, 5.74) is 6.18. The number of rotatable bonds is 11. The number of nitrogens with two attached hydrogens (primary N) is 1. The first-order chi connectivity index (χ1) is 14.5. The maximum atomic E-state index is 12.8. The second-order valence-corrected chi connectivity index (χ2v) is 7.56. The second-order valence-electron chi connectivity index (χ2n) is 7.56. The lowest BCUT2D eigenvalue weighted by molar-refractivity contribution is -0.121. The highest BCUT2D eigenvalue weighted by molar-refractivity contribution is 6.25. The Morgan fingerprint density at radius 1 is 0.833 bits per heavy atom. The Morgan fingerprint density at radius 3 is 2.03 bits per heavy atom. The van der Waals surface area contributed by atoms with E-state index in [2.05, 4.69) is 5.32 Å². The number of nitrogens with zero attached hydrogens (tertiary/aromatic N) is 1. The normalized spacial score (nSPS) is 13.0. The maximum absolute atomic E-state index is 12.8. The van der Waals surface area contributed by atoms with Gasteiger partial charge in [-0.05, 0) is 36.8 Å². The third-order valence-corrected chi connectivity index (χ3v) is 5.31. The molecule has 30 heavy (non-hydrogen) atoms. The van der Waals surface area contributed by atoms with Crippen LogP contribution in [-0.2, 0) is 9.59 Å². The van der Waals surface area contributed by atoms with Gasteiger partial charge in [-0.15, -0.1) is 0 Å². The number of benzene rings is 2. The molecule has 0 aliphatic carbocycles. The third-order valence-electron chi connectivity index (χ3n) is 5.31. The zero-order valence-corrected chi connectivity index (χ0v) is 17.0. The van der Waals surface area contributed by atoms with Crippen molar-refractivity contribution in [3.8, 4) is 0 Å². The number of hydrogen-bond donors (Lipinski definition) is 2. The predicted octanol–water partition coefficient (Wildman–Crippen LogP) is 2.77. The summed E-state index contributed by atoms with van der Waals surface area (Å²) in [5.74, 6) is -0.909. The van der Waals surface area contributed by atoms with Crippen LogP contribution in [0.4, 0.5) is 0 Å². The minimum absolute atomic E-state index is 0.0451. The second kappa shape index (κ2) is 10.0. The van der Waals surface area contributed by atoms with Crippen molar-refractivity contribution >= 4 is 34.4 Å². The van der Waals surface area contributed by atoms with Crippen LogP contribution < -0.4 is 11.1 Å². The van der Waals surface area contributed by atoms with Crippen molar-refractivity contribution < 1.29 is 19.2 Å². The maximum Gasteiger partial charge on any atom is 0.261 e. The molecule has 0 radical (unpaired) electrons. The van der Waals surface area contributed by atoms with Crippen LogP contribution in [0.25, 0.3) is 10.8 Å². The van der Waals surface area contributed by atoms with Crippen LogP contribution in [0.3, 0.4) is 0 Å². The lowest BCUT2D eigenvalue weighted by Gasteiger charge is -2.27. The Kier molecular flexibility index (Phi) is 7.17. The van der Waals surface area contributed by atoms with E-state index in [4.69, 9.17) is 5.73 Å². The molecule has 0 saturated carbocycles. The summed E-state index contributed by atoms with van der Waals surface area (Å²) in [7, 11) is 0. The summed E-state index contributed by atoms with van der Waals surface area (Å²) in [6.45, 7) is 0.666. The smallest absolute Gasteiger partial charge is 0.261 e. The molecule has 0 bridgehead atoms. The molecule has 0 unspecified atom stereocenters. The van der Waals surface area contributed by atoms with E-state index in [1.165, 1.54) is 4.90 Å². The van der Waals surface area contributed by atoms with Crippen LogP contribution in [0.15, 0.2) is 36.4 Å². The van der Waals surface area contributed by atoms with Crippen molar-refractivity contribution in [3.05, 3.63) is 47.5 Å². The molecule has 7 nitrogen and oxygen atoms in total. The van der Waals surface area contributed by atoms with E-state index in [0.29, 0.717) is 36.9 Å². The Morgan fingerprint density at radius 2 is 1.43 bits per heavy atom. The van der Waals surface area contributed by atoms with E-state index >= 15 is 0 Å². The van der Waals surface area contributed by atoms with E-state index in [0.717, 1.165) is 36.5 Å². The molecule has 0 spiro atoms. The quantitative estimate of drug-likeness (QED) is 0.439. The summed E-state index contributed by atoms with van der Waals surface area (Å²) >= 11 is 0. The fourth-order valence-corrected chi connectivity index (χ4v) is 3.78. The fraction of sp³-hybridized carbons (Fsp3) is 0.391. The molecule has 1 aliphatic rings. The van der Waals surface area contributed by atoms with Crippen LogP contribution >= 0.6 is 0 Å². The molecule has 0 fully saturated rings. The highest BCUT2D eigenvalue weighted by Gasteiger charge is 2.32. The van der Waals surface area contributed by atoms with E-state index in [1.54, 1.807) is 12.1 Å². The summed E-state index contributed by atoms with van der Waals surface area (Å²) in [6, 6.07) is 10.9. The van der Waals surface area contributed by atoms with Crippen LogP contribution in [0.2, 0.25) is 0 Å². The molecule has 7 heteroatoms. The minimum Gasteiger partial charge on any atom is -0.370 e. The number of unbranched alkanes of at least 4 members (excludes halogenated alkanes) is 3. The number of carbonyl (C=O) groups excluding carboxylic acids is 4. The molecule has 1 aliphatic heterocycles. The Labute approximate surface area is 175 Å². The van der Waals surface area contributed by atoms with Crippen LogP contribution in [-0.4, -0.2) is 41.6 Å². The molecule has 158 valence electrons. The molecular weight excluding hydrogens is 382 g/mol. The summed E-state index contributed by atoms with van der Waals surface area (Å²) in [5, 5.41) is 4.44. The summed E-state index contributed by atoms with van der Waals surface area (Å²) < 4.78 is 0. The molecule has 2 aromatic rings. The van der Waals surface area contributed by atoms with Gasteiger partial charge >= 0.3 is 0 Å². The van der Waals surface area contributed by atoms with Gasteiger partial charge in [-0.2, -0.15) is 0 Å². The minimum atomic E-state index is -0.293. The lowest BCUT2D eigenvalue weighted by Crippen LogP contribution is -2.41. The number of primary amides is 1. The zero-order chi connectivity index (χ0) is 21.5. The predicted molar refractivity (Wildman–Crippen MR) is 114 cm³/mol. The van der Waals surface area contributed by atoms with Gasteiger partial charge in [0.2, 0.25) is 11.8 Å². The standard InChI is InChI=1S/C23H27N3O4/c24-19(27)12-3-1-2-4-13-20(28)25-14-7-15-26-22(29)17-10-5-8-16-9-6-11-18(21(16)17)23(26)30/h5-6,8-11H,1-4,7,12-15H2,(H2,24,27)(H,25,28). The third kappa shape index (κ3) is 5.03. The molecule has 4 amide bonds. The van der Waals surface area contributed by atoms with Crippen molar-refractivity contribution in [2.45, 2.75) is 44.9 Å². The van der Waals surface area contributed by atoms with Gasteiger partial charge in [-0.3, -0.25) is 24.1 Å². The molecule has 2 aromatic carbocycles. The van der Waals surface area contributed by atoms with E-state index < -0.39 is 0 Å². The average molecular weight is 409 g/mol. The van der Waals surface area contributed by atoms with Crippen LogP contribution in [0.1, 0.15) is 65.7 Å². The molecule has 3 N–H and O–H groups in total. The molecule has 3 rings (SSSR count).